The Hall–Kier alpha value is -2.78. The Morgan fingerprint density at radius 3 is 2.63 bits per heavy atom. The van der Waals surface area contributed by atoms with Gasteiger partial charge in [0, 0.05) is 54.2 Å². The van der Waals surface area contributed by atoms with Gasteiger partial charge in [-0.05, 0) is 80.8 Å². The average Bonchev–Trinajstić information content (AvgIpc) is 3.26. The summed E-state index contributed by atoms with van der Waals surface area (Å²) in [5, 5.41) is 13.9. The summed E-state index contributed by atoms with van der Waals surface area (Å²) in [6, 6.07) is 19.8. The van der Waals surface area contributed by atoms with Gasteiger partial charge in [-0.1, -0.05) is 42.5 Å². The molecule has 3 aromatic rings. The first-order valence-corrected chi connectivity index (χ1v) is 14.9. The van der Waals surface area contributed by atoms with E-state index in [0.29, 0.717) is 25.3 Å². The van der Waals surface area contributed by atoms with Crippen molar-refractivity contribution in [2.45, 2.75) is 63.0 Å². The van der Waals surface area contributed by atoms with E-state index >= 15 is 0 Å². The zero-order chi connectivity index (χ0) is 26.8. The van der Waals surface area contributed by atoms with E-state index in [1.165, 1.54) is 11.1 Å². The molecule has 2 atom stereocenters. The maximum absolute atomic E-state index is 13.4. The van der Waals surface area contributed by atoms with Crippen LogP contribution in [0.1, 0.15) is 61.5 Å². The molecule has 1 aliphatic heterocycles. The van der Waals surface area contributed by atoms with E-state index < -0.39 is 16.3 Å². The van der Waals surface area contributed by atoms with Gasteiger partial charge in [-0.15, -0.1) is 0 Å². The van der Waals surface area contributed by atoms with Crippen LogP contribution in [0.4, 0.5) is 5.69 Å². The van der Waals surface area contributed by atoms with E-state index in [0.717, 1.165) is 43.2 Å². The quantitative estimate of drug-likeness (QED) is 0.379. The minimum Gasteiger partial charge on any atom is -0.387 e. The molecule has 1 spiro atoms. The molecule has 1 fully saturated rings. The maximum atomic E-state index is 13.4. The smallest absolute Gasteiger partial charge is 0.301 e. The van der Waals surface area contributed by atoms with Crippen molar-refractivity contribution >= 4 is 15.9 Å². The highest BCUT2D eigenvalue weighted by atomic mass is 32.2. The summed E-state index contributed by atoms with van der Waals surface area (Å²) in [5.74, 6) is 0. The Kier molecular flexibility index (Phi) is 7.60. The largest absolute Gasteiger partial charge is 0.387 e. The predicted octanol–water partition coefficient (Wildman–Crippen LogP) is 4.36. The van der Waals surface area contributed by atoms with Gasteiger partial charge >= 0.3 is 10.2 Å². The molecule has 0 amide bonds. The van der Waals surface area contributed by atoms with Crippen molar-refractivity contribution in [2.24, 2.45) is 0 Å². The van der Waals surface area contributed by atoms with Crippen LogP contribution in [-0.4, -0.2) is 48.0 Å². The molecule has 3 N–H and O–H groups in total. The van der Waals surface area contributed by atoms with Crippen molar-refractivity contribution in [3.63, 3.8) is 0 Å². The van der Waals surface area contributed by atoms with Crippen molar-refractivity contribution in [3.8, 4) is 0 Å². The van der Waals surface area contributed by atoms with E-state index in [9.17, 15) is 13.5 Å². The van der Waals surface area contributed by atoms with Crippen LogP contribution in [0.15, 0.2) is 73.1 Å². The van der Waals surface area contributed by atoms with Gasteiger partial charge in [-0.2, -0.15) is 12.7 Å². The fourth-order valence-electron chi connectivity index (χ4n) is 6.02. The summed E-state index contributed by atoms with van der Waals surface area (Å²) in [7, 11) is -3.66. The van der Waals surface area contributed by atoms with E-state index in [1.54, 1.807) is 16.7 Å². The number of nitrogens with one attached hydrogen (secondary N) is 2. The third-order valence-electron chi connectivity index (χ3n) is 8.03. The number of β-amino-alcohol motifs (C(OH)–C–C–N with tert-alkyl or cyclic N) is 1. The van der Waals surface area contributed by atoms with Crippen LogP contribution in [0.2, 0.25) is 0 Å². The lowest BCUT2D eigenvalue weighted by molar-refractivity contribution is 0.160. The van der Waals surface area contributed by atoms with Crippen molar-refractivity contribution in [3.05, 3.63) is 95.3 Å². The molecule has 0 bridgehead atoms. The predicted molar refractivity (Wildman–Crippen MR) is 151 cm³/mol. The average molecular weight is 535 g/mol. The number of aryl methyl sites for hydroxylation is 1. The Bertz CT molecular complexity index is 1340. The van der Waals surface area contributed by atoms with Gasteiger partial charge in [0.15, 0.2) is 0 Å². The molecule has 202 valence electrons. The van der Waals surface area contributed by atoms with Gasteiger partial charge in [0.2, 0.25) is 0 Å². The summed E-state index contributed by atoms with van der Waals surface area (Å²) in [6.45, 7) is 5.67. The third-order valence-corrected chi connectivity index (χ3v) is 9.52. The lowest BCUT2D eigenvalue weighted by atomic mass is 9.76. The van der Waals surface area contributed by atoms with Crippen LogP contribution < -0.4 is 10.0 Å². The molecular formula is C30H38N4O3S. The summed E-state index contributed by atoms with van der Waals surface area (Å²) >= 11 is 0. The Balaban J connectivity index is 1.19. The molecule has 8 heteroatoms. The van der Waals surface area contributed by atoms with Gasteiger partial charge in [0.1, 0.15) is 0 Å². The number of pyridine rings is 1. The molecule has 5 rings (SSSR count). The number of rotatable bonds is 9. The lowest BCUT2D eigenvalue weighted by Crippen LogP contribution is -2.49. The number of aliphatic hydroxyl groups excluding tert-OH is 1. The molecule has 2 aliphatic rings. The monoisotopic (exact) mass is 534 g/mol. The van der Waals surface area contributed by atoms with Gasteiger partial charge in [0.05, 0.1) is 6.10 Å². The molecular weight excluding hydrogens is 496 g/mol. The van der Waals surface area contributed by atoms with Crippen LogP contribution in [-0.2, 0) is 28.5 Å². The first kappa shape index (κ1) is 26.8. The number of benzene rings is 2. The number of hydrogen-bond acceptors (Lipinski definition) is 5. The van der Waals surface area contributed by atoms with E-state index in [2.05, 4.69) is 53.1 Å². The summed E-state index contributed by atoms with van der Waals surface area (Å²) in [4.78, 5) is 4.07. The first-order valence-electron chi connectivity index (χ1n) is 13.4. The summed E-state index contributed by atoms with van der Waals surface area (Å²) in [6.07, 6.45) is 7.40. The van der Waals surface area contributed by atoms with Gasteiger partial charge < -0.3 is 10.4 Å². The van der Waals surface area contributed by atoms with Crippen LogP contribution in [0.5, 0.6) is 0 Å². The Labute approximate surface area is 226 Å². The molecule has 7 nitrogen and oxygen atoms in total. The SMILES string of the molecule is CC(C)(Cc1ccc(NS(=O)(=O)N2CCCC3(CCc4ccccc43)C2)cc1)NC[C@H](O)c1cccnc1. The highest BCUT2D eigenvalue weighted by Crippen LogP contribution is 2.45. The summed E-state index contributed by atoms with van der Waals surface area (Å²) in [5.41, 5.74) is 4.79. The van der Waals surface area contributed by atoms with Crippen molar-refractivity contribution in [1.82, 2.24) is 14.6 Å². The standard InChI is InChI=1S/C30H38N4O3S/c1-29(2,32-21-28(35)25-8-5-17-31-20-25)19-23-10-12-26(13-11-23)33-38(36,37)34-18-6-15-30(22-34)16-14-24-7-3-4-9-27(24)30/h3-5,7-13,17,20,28,32-33,35H,6,14-16,18-19,21-22H2,1-2H3/t28-,30?/m0/s1. The molecule has 2 heterocycles. The Morgan fingerprint density at radius 2 is 1.87 bits per heavy atom. The maximum Gasteiger partial charge on any atom is 0.301 e. The highest BCUT2D eigenvalue weighted by molar-refractivity contribution is 7.90. The van der Waals surface area contributed by atoms with Crippen LogP contribution in [0.3, 0.4) is 0 Å². The highest BCUT2D eigenvalue weighted by Gasteiger charge is 2.44. The fourth-order valence-corrected chi connectivity index (χ4v) is 7.37. The molecule has 38 heavy (non-hydrogen) atoms. The third kappa shape index (κ3) is 5.94. The number of aliphatic hydroxyl groups is 1. The molecule has 1 saturated heterocycles. The van der Waals surface area contributed by atoms with Gasteiger partial charge in [-0.25, -0.2) is 0 Å². The number of hydrogen-bond donors (Lipinski definition) is 3. The fraction of sp³-hybridized carbons (Fsp3) is 0.433. The van der Waals surface area contributed by atoms with Crippen molar-refractivity contribution < 1.29 is 13.5 Å². The van der Waals surface area contributed by atoms with Crippen molar-refractivity contribution in [2.75, 3.05) is 24.4 Å². The topological polar surface area (TPSA) is 94.6 Å². The second-order valence-electron chi connectivity index (χ2n) is 11.4. The second kappa shape index (κ2) is 10.8. The van der Waals surface area contributed by atoms with Gasteiger partial charge in [-0.3, -0.25) is 9.71 Å². The molecule has 2 aromatic carbocycles. The normalized spacial score (nSPS) is 20.8. The van der Waals surface area contributed by atoms with Crippen molar-refractivity contribution in [1.29, 1.82) is 0 Å². The molecule has 1 aromatic heterocycles. The van der Waals surface area contributed by atoms with Crippen LogP contribution >= 0.6 is 0 Å². The van der Waals surface area contributed by atoms with Crippen LogP contribution in [0.25, 0.3) is 0 Å². The minimum atomic E-state index is -3.66. The number of piperidine rings is 1. The summed E-state index contributed by atoms with van der Waals surface area (Å²) < 4.78 is 31.2. The molecule has 0 saturated carbocycles. The first-order chi connectivity index (χ1) is 18.2. The number of aromatic nitrogens is 1. The zero-order valence-corrected chi connectivity index (χ0v) is 23.0. The lowest BCUT2D eigenvalue weighted by Gasteiger charge is -2.40. The van der Waals surface area contributed by atoms with Gasteiger partial charge in [0.25, 0.3) is 0 Å². The second-order valence-corrected chi connectivity index (χ2v) is 13.1. The number of nitrogens with zero attached hydrogens (tertiary/aromatic N) is 2. The zero-order valence-electron chi connectivity index (χ0n) is 22.2. The number of anilines is 1. The molecule has 1 unspecified atom stereocenters. The molecule has 1 aliphatic carbocycles. The van der Waals surface area contributed by atoms with Crippen LogP contribution in [0, 0.1) is 0 Å². The van der Waals surface area contributed by atoms with E-state index in [4.69, 9.17) is 0 Å². The minimum absolute atomic E-state index is 0.0728. The Morgan fingerprint density at radius 1 is 1.08 bits per heavy atom. The number of fused-ring (bicyclic) bond motifs is 2. The van der Waals surface area contributed by atoms with E-state index in [-0.39, 0.29) is 11.0 Å². The molecule has 0 radical (unpaired) electrons. The van der Waals surface area contributed by atoms with E-state index in [1.807, 2.05) is 36.4 Å².